The summed E-state index contributed by atoms with van der Waals surface area (Å²) < 4.78 is 0. The molecule has 0 saturated heterocycles. The van der Waals surface area contributed by atoms with E-state index in [1.807, 2.05) is 18.2 Å². The van der Waals surface area contributed by atoms with Gasteiger partial charge in [-0.05, 0) is 25.3 Å². The second-order valence-electron chi connectivity index (χ2n) is 5.07. The highest BCUT2D eigenvalue weighted by atomic mass is 16.1. The zero-order valence-electron chi connectivity index (χ0n) is 11.3. The summed E-state index contributed by atoms with van der Waals surface area (Å²) in [6.07, 6.45) is 4.82. The topological polar surface area (TPSA) is 29.4 Å². The smallest absolute Gasteiger partial charge is 0.181 e. The molecule has 0 aliphatic carbocycles. The quantitative estimate of drug-likeness (QED) is 0.727. The van der Waals surface area contributed by atoms with Gasteiger partial charge in [0.2, 0.25) is 0 Å². The molecule has 0 aromatic heterocycles. The fourth-order valence-electron chi connectivity index (χ4n) is 2.46. The molecule has 0 fully saturated rings. The molecule has 18 heavy (non-hydrogen) atoms. The lowest BCUT2D eigenvalue weighted by Crippen LogP contribution is -2.25. The first-order valence-electron chi connectivity index (χ1n) is 6.91. The minimum atomic E-state index is 0.211. The molecule has 1 aromatic rings. The number of nitrogens with zero attached hydrogens (tertiary/aromatic N) is 1. The van der Waals surface area contributed by atoms with Crippen molar-refractivity contribution < 1.29 is 4.79 Å². The van der Waals surface area contributed by atoms with Crippen LogP contribution in [0.15, 0.2) is 29.3 Å². The number of benzene rings is 1. The Kier molecular flexibility index (Phi) is 4.29. The Morgan fingerprint density at radius 3 is 2.89 bits per heavy atom. The maximum absolute atomic E-state index is 12.3. The van der Waals surface area contributed by atoms with Crippen molar-refractivity contribution in [2.24, 2.45) is 4.99 Å². The predicted octanol–water partition coefficient (Wildman–Crippen LogP) is 3.57. The van der Waals surface area contributed by atoms with E-state index in [0.717, 1.165) is 31.2 Å². The summed E-state index contributed by atoms with van der Waals surface area (Å²) >= 11 is 0. The Labute approximate surface area is 109 Å². The number of unbranched alkanes of at least 4 members (excludes halogenated alkanes) is 2. The number of rotatable bonds is 5. The molecule has 1 unspecified atom stereocenters. The lowest BCUT2D eigenvalue weighted by atomic mass is 9.91. The van der Waals surface area contributed by atoms with Crippen LogP contribution >= 0.6 is 0 Å². The standard InChI is InChI=1S/C16H21NO/c1-3-4-5-10-15(18)16-14-9-7-6-8-13(14)11-12(2)17-16/h6-9,12H,3-5,10-11H2,1-2H3. The largest absolute Gasteiger partial charge is 0.292 e. The van der Waals surface area contributed by atoms with Gasteiger partial charge >= 0.3 is 0 Å². The van der Waals surface area contributed by atoms with Crippen molar-refractivity contribution in [2.45, 2.75) is 52.0 Å². The number of fused-ring (bicyclic) bond motifs is 1. The summed E-state index contributed by atoms with van der Waals surface area (Å²) in [5.41, 5.74) is 3.02. The number of hydrogen-bond acceptors (Lipinski definition) is 2. The van der Waals surface area contributed by atoms with Crippen LogP contribution in [-0.2, 0) is 11.2 Å². The summed E-state index contributed by atoms with van der Waals surface area (Å²) in [6, 6.07) is 8.39. The number of Topliss-reactive ketones (excluding diaryl/α,β-unsaturated/α-hetero) is 1. The minimum Gasteiger partial charge on any atom is -0.292 e. The summed E-state index contributed by atoms with van der Waals surface area (Å²) in [5, 5.41) is 0. The van der Waals surface area contributed by atoms with E-state index in [4.69, 9.17) is 0 Å². The third-order valence-corrected chi connectivity index (χ3v) is 3.41. The molecule has 0 bridgehead atoms. The van der Waals surface area contributed by atoms with Gasteiger partial charge in [-0.3, -0.25) is 9.79 Å². The van der Waals surface area contributed by atoms with Gasteiger partial charge < -0.3 is 0 Å². The number of ketones is 1. The first-order valence-corrected chi connectivity index (χ1v) is 6.91. The van der Waals surface area contributed by atoms with Gasteiger partial charge in [0, 0.05) is 12.0 Å². The van der Waals surface area contributed by atoms with Gasteiger partial charge in [0.1, 0.15) is 5.71 Å². The van der Waals surface area contributed by atoms with Gasteiger partial charge in [-0.15, -0.1) is 0 Å². The predicted molar refractivity (Wildman–Crippen MR) is 75.3 cm³/mol. The Bertz CT molecular complexity index is 462. The van der Waals surface area contributed by atoms with Crippen molar-refractivity contribution in [2.75, 3.05) is 0 Å². The van der Waals surface area contributed by atoms with E-state index in [-0.39, 0.29) is 11.8 Å². The molecule has 0 amide bonds. The lowest BCUT2D eigenvalue weighted by Gasteiger charge is -2.20. The third kappa shape index (κ3) is 2.87. The Hall–Kier alpha value is -1.44. The fraction of sp³-hybridized carbons (Fsp3) is 0.500. The minimum absolute atomic E-state index is 0.211. The van der Waals surface area contributed by atoms with Crippen LogP contribution in [0.3, 0.4) is 0 Å². The monoisotopic (exact) mass is 243 g/mol. The molecule has 2 nitrogen and oxygen atoms in total. The molecule has 1 atom stereocenters. The maximum Gasteiger partial charge on any atom is 0.181 e. The number of aliphatic imine (C=N–C) groups is 1. The highest BCUT2D eigenvalue weighted by Gasteiger charge is 2.22. The molecule has 0 radical (unpaired) electrons. The molecule has 0 spiro atoms. The van der Waals surface area contributed by atoms with E-state index < -0.39 is 0 Å². The van der Waals surface area contributed by atoms with Gasteiger partial charge in [-0.25, -0.2) is 0 Å². The Balaban J connectivity index is 2.18. The van der Waals surface area contributed by atoms with Crippen LogP contribution in [-0.4, -0.2) is 17.5 Å². The van der Waals surface area contributed by atoms with Crippen LogP contribution in [0.25, 0.3) is 0 Å². The summed E-state index contributed by atoms with van der Waals surface area (Å²) in [5.74, 6) is 0.211. The molecule has 2 rings (SSSR count). The van der Waals surface area contributed by atoms with E-state index in [2.05, 4.69) is 24.9 Å². The molecule has 1 heterocycles. The van der Waals surface area contributed by atoms with Crippen LogP contribution in [0.5, 0.6) is 0 Å². The summed E-state index contributed by atoms with van der Waals surface area (Å²) in [7, 11) is 0. The molecule has 2 heteroatoms. The van der Waals surface area contributed by atoms with E-state index >= 15 is 0 Å². The third-order valence-electron chi connectivity index (χ3n) is 3.41. The van der Waals surface area contributed by atoms with Crippen molar-refractivity contribution in [3.63, 3.8) is 0 Å². The first kappa shape index (κ1) is 13.0. The molecule has 1 aliphatic rings. The van der Waals surface area contributed by atoms with E-state index in [1.165, 1.54) is 5.56 Å². The maximum atomic E-state index is 12.3. The van der Waals surface area contributed by atoms with Crippen molar-refractivity contribution >= 4 is 11.5 Å². The van der Waals surface area contributed by atoms with Crippen molar-refractivity contribution in [3.8, 4) is 0 Å². The molecule has 1 aliphatic heterocycles. The number of hydrogen-bond donors (Lipinski definition) is 0. The molecular formula is C16H21NO. The van der Waals surface area contributed by atoms with Crippen LogP contribution in [0.4, 0.5) is 0 Å². The second kappa shape index (κ2) is 5.94. The highest BCUT2D eigenvalue weighted by molar-refractivity contribution is 6.46. The lowest BCUT2D eigenvalue weighted by molar-refractivity contribution is -0.113. The van der Waals surface area contributed by atoms with E-state index in [9.17, 15) is 4.79 Å². The van der Waals surface area contributed by atoms with Gasteiger partial charge in [-0.1, -0.05) is 44.0 Å². The Morgan fingerprint density at radius 2 is 2.11 bits per heavy atom. The van der Waals surface area contributed by atoms with Gasteiger partial charge in [0.05, 0.1) is 6.04 Å². The zero-order valence-corrected chi connectivity index (χ0v) is 11.3. The molecule has 0 saturated carbocycles. The fourth-order valence-corrected chi connectivity index (χ4v) is 2.46. The van der Waals surface area contributed by atoms with Crippen LogP contribution in [0.1, 0.15) is 50.7 Å². The molecule has 96 valence electrons. The molecule has 1 aromatic carbocycles. The van der Waals surface area contributed by atoms with Crippen LogP contribution in [0, 0.1) is 0 Å². The van der Waals surface area contributed by atoms with E-state index in [0.29, 0.717) is 12.1 Å². The normalized spacial score (nSPS) is 18.1. The number of carbonyl (C=O) groups is 1. The average molecular weight is 243 g/mol. The number of carbonyl (C=O) groups excluding carboxylic acids is 1. The summed E-state index contributed by atoms with van der Waals surface area (Å²) in [4.78, 5) is 16.8. The average Bonchev–Trinajstić information content (AvgIpc) is 2.38. The second-order valence-corrected chi connectivity index (χ2v) is 5.07. The SMILES string of the molecule is CCCCCC(=O)C1=NC(C)Cc2ccccc21. The van der Waals surface area contributed by atoms with Crippen LogP contribution < -0.4 is 0 Å². The summed E-state index contributed by atoms with van der Waals surface area (Å²) in [6.45, 7) is 4.23. The Morgan fingerprint density at radius 1 is 1.33 bits per heavy atom. The zero-order chi connectivity index (χ0) is 13.0. The van der Waals surface area contributed by atoms with Crippen LogP contribution in [0.2, 0.25) is 0 Å². The van der Waals surface area contributed by atoms with Gasteiger partial charge in [-0.2, -0.15) is 0 Å². The molecular weight excluding hydrogens is 222 g/mol. The molecule has 0 N–H and O–H groups in total. The highest BCUT2D eigenvalue weighted by Crippen LogP contribution is 2.21. The van der Waals surface area contributed by atoms with Crippen molar-refractivity contribution in [3.05, 3.63) is 35.4 Å². The van der Waals surface area contributed by atoms with Crippen molar-refractivity contribution in [1.29, 1.82) is 0 Å². The van der Waals surface area contributed by atoms with Crippen molar-refractivity contribution in [1.82, 2.24) is 0 Å². The first-order chi connectivity index (χ1) is 8.72. The van der Waals surface area contributed by atoms with Gasteiger partial charge in [0.25, 0.3) is 0 Å². The van der Waals surface area contributed by atoms with Gasteiger partial charge in [0.15, 0.2) is 5.78 Å². The van der Waals surface area contributed by atoms with E-state index in [1.54, 1.807) is 0 Å².